The molecule has 2 aromatic heterocycles. The van der Waals surface area contributed by atoms with Crippen molar-refractivity contribution in [3.05, 3.63) is 76.4 Å². The highest BCUT2D eigenvalue weighted by Gasteiger charge is 2.10. The molecule has 124 valence electrons. The zero-order chi connectivity index (χ0) is 17.6. The molecule has 0 atom stereocenters. The maximum atomic E-state index is 13.4. The van der Waals surface area contributed by atoms with E-state index >= 15 is 0 Å². The highest BCUT2D eigenvalue weighted by Crippen LogP contribution is 2.22. The third kappa shape index (κ3) is 4.06. The Morgan fingerprint density at radius 3 is 2.88 bits per heavy atom. The lowest BCUT2D eigenvalue weighted by Crippen LogP contribution is -2.14. The van der Waals surface area contributed by atoms with Crippen LogP contribution in [0.2, 0.25) is 0 Å². The van der Waals surface area contributed by atoms with Crippen molar-refractivity contribution >= 4 is 22.8 Å². The molecule has 0 aliphatic carbocycles. The molecule has 0 spiro atoms. The lowest BCUT2D eigenvalue weighted by molar-refractivity contribution is 0.105. The van der Waals surface area contributed by atoms with Crippen LogP contribution in [0.15, 0.2) is 60.0 Å². The third-order valence-corrected chi connectivity index (χ3v) is 4.42. The summed E-state index contributed by atoms with van der Waals surface area (Å²) < 4.78 is 13.4. The summed E-state index contributed by atoms with van der Waals surface area (Å²) in [6, 6.07) is 13.6. The van der Waals surface area contributed by atoms with Gasteiger partial charge in [0, 0.05) is 17.3 Å². The monoisotopic (exact) mass is 350 g/mol. The third-order valence-electron chi connectivity index (χ3n) is 3.53. The zero-order valence-corrected chi connectivity index (χ0v) is 14.1. The van der Waals surface area contributed by atoms with Gasteiger partial charge < -0.3 is 10.3 Å². The summed E-state index contributed by atoms with van der Waals surface area (Å²) >= 11 is 1.38. The van der Waals surface area contributed by atoms with Crippen LogP contribution in [-0.4, -0.2) is 17.3 Å². The molecule has 0 radical (unpaired) electrons. The minimum Gasteiger partial charge on any atom is -0.372 e. The number of aromatic nitrogens is 1. The number of aromatic amines is 1. The molecule has 5 heteroatoms. The van der Waals surface area contributed by atoms with Crippen molar-refractivity contribution in [2.45, 2.75) is 0 Å². The summed E-state index contributed by atoms with van der Waals surface area (Å²) in [7, 11) is 0. The second-order valence-corrected chi connectivity index (χ2v) is 6.20. The first-order chi connectivity index (χ1) is 12.2. The van der Waals surface area contributed by atoms with E-state index in [1.165, 1.54) is 29.5 Å². The van der Waals surface area contributed by atoms with Gasteiger partial charge in [-0.15, -0.1) is 17.8 Å². The van der Waals surface area contributed by atoms with Crippen molar-refractivity contribution < 1.29 is 9.18 Å². The number of benzene rings is 1. The summed E-state index contributed by atoms with van der Waals surface area (Å²) in [5, 5.41) is 4.91. The fourth-order valence-electron chi connectivity index (χ4n) is 2.37. The average Bonchev–Trinajstić information content (AvgIpc) is 3.30. The van der Waals surface area contributed by atoms with E-state index in [1.807, 2.05) is 29.6 Å². The summed E-state index contributed by atoms with van der Waals surface area (Å²) in [6.07, 6.45) is 6.84. The van der Waals surface area contributed by atoms with Crippen LogP contribution >= 0.6 is 11.3 Å². The lowest BCUT2D eigenvalue weighted by atomic mass is 10.1. The first kappa shape index (κ1) is 16.7. The number of halogens is 1. The van der Waals surface area contributed by atoms with Crippen LogP contribution in [0.3, 0.4) is 0 Å². The van der Waals surface area contributed by atoms with Gasteiger partial charge in [-0.2, -0.15) is 0 Å². The van der Waals surface area contributed by atoms with Crippen LogP contribution in [0.1, 0.15) is 15.4 Å². The smallest absolute Gasteiger partial charge is 0.197 e. The van der Waals surface area contributed by atoms with E-state index in [-0.39, 0.29) is 18.1 Å². The van der Waals surface area contributed by atoms with Crippen molar-refractivity contribution in [2.24, 2.45) is 0 Å². The summed E-state index contributed by atoms with van der Waals surface area (Å²) in [6.45, 7) is 0.290. The Bertz CT molecular complexity index is 948. The molecule has 0 saturated heterocycles. The number of ketones is 1. The van der Waals surface area contributed by atoms with Gasteiger partial charge in [-0.25, -0.2) is 4.39 Å². The fraction of sp³-hybridized carbons (Fsp3) is 0.0500. The molecule has 3 rings (SSSR count). The number of carbonyl (C=O) groups excluding carboxylic acids is 1. The Labute approximate surface area is 149 Å². The van der Waals surface area contributed by atoms with Crippen molar-refractivity contribution in [2.75, 3.05) is 6.54 Å². The standard InChI is InChI=1S/C20H15FN2OS/c1-2-10-22-18(13-19(24)20-7-4-11-25-20)17-9-8-16(23-17)14-5-3-6-15(21)12-14/h1,3-9,11-13,22-23H,10H2/b18-13-. The number of hydrogen-bond donors (Lipinski definition) is 2. The molecule has 3 nitrogen and oxygen atoms in total. The Morgan fingerprint density at radius 2 is 2.16 bits per heavy atom. The number of H-pyrrole nitrogens is 1. The molecule has 1 aromatic carbocycles. The van der Waals surface area contributed by atoms with Crippen LogP contribution in [0.4, 0.5) is 4.39 Å². The fourth-order valence-corrected chi connectivity index (χ4v) is 3.00. The molecule has 0 fully saturated rings. The number of terminal acetylenes is 1. The second kappa shape index (κ2) is 7.65. The molecule has 0 aliphatic heterocycles. The second-order valence-electron chi connectivity index (χ2n) is 5.25. The van der Waals surface area contributed by atoms with E-state index in [1.54, 1.807) is 12.1 Å². The number of thiophene rings is 1. The molecule has 0 amide bonds. The molecule has 0 unspecified atom stereocenters. The van der Waals surface area contributed by atoms with Gasteiger partial charge in [0.2, 0.25) is 0 Å². The van der Waals surface area contributed by atoms with Gasteiger partial charge in [0.25, 0.3) is 0 Å². The molecule has 0 saturated carbocycles. The highest BCUT2D eigenvalue weighted by atomic mass is 32.1. The van der Waals surface area contributed by atoms with Crippen LogP contribution in [-0.2, 0) is 0 Å². The summed E-state index contributed by atoms with van der Waals surface area (Å²) in [4.78, 5) is 16.2. The number of rotatable bonds is 6. The number of hydrogen-bond acceptors (Lipinski definition) is 3. The quantitative estimate of drug-likeness (QED) is 0.395. The zero-order valence-electron chi connectivity index (χ0n) is 13.3. The Balaban J connectivity index is 1.92. The van der Waals surface area contributed by atoms with E-state index in [0.717, 1.165) is 11.3 Å². The Kier molecular flexibility index (Phi) is 5.12. The van der Waals surface area contributed by atoms with E-state index < -0.39 is 0 Å². The molecule has 2 heterocycles. The predicted octanol–water partition coefficient (Wildman–Crippen LogP) is 4.33. The molecule has 25 heavy (non-hydrogen) atoms. The topological polar surface area (TPSA) is 44.9 Å². The molecule has 0 bridgehead atoms. The van der Waals surface area contributed by atoms with Crippen LogP contribution in [0.25, 0.3) is 17.0 Å². The largest absolute Gasteiger partial charge is 0.372 e. The maximum absolute atomic E-state index is 13.4. The number of carbonyl (C=O) groups is 1. The molecular formula is C20H15FN2OS. The van der Waals surface area contributed by atoms with Gasteiger partial charge in [-0.3, -0.25) is 4.79 Å². The van der Waals surface area contributed by atoms with Gasteiger partial charge in [0.1, 0.15) is 5.82 Å². The minimum absolute atomic E-state index is 0.101. The highest BCUT2D eigenvalue weighted by molar-refractivity contribution is 7.12. The lowest BCUT2D eigenvalue weighted by Gasteiger charge is -2.07. The van der Waals surface area contributed by atoms with Crippen molar-refractivity contribution in [3.8, 4) is 23.6 Å². The van der Waals surface area contributed by atoms with Crippen LogP contribution in [0.5, 0.6) is 0 Å². The molecule has 3 aromatic rings. The normalized spacial score (nSPS) is 11.1. The van der Waals surface area contributed by atoms with Crippen LogP contribution in [0, 0.1) is 18.2 Å². The number of nitrogens with one attached hydrogen (secondary N) is 2. The van der Waals surface area contributed by atoms with Crippen molar-refractivity contribution in [1.82, 2.24) is 10.3 Å². The van der Waals surface area contributed by atoms with E-state index in [2.05, 4.69) is 16.2 Å². The summed E-state index contributed by atoms with van der Waals surface area (Å²) in [5.74, 6) is 2.09. The van der Waals surface area contributed by atoms with E-state index in [9.17, 15) is 9.18 Å². The van der Waals surface area contributed by atoms with Gasteiger partial charge in [0.05, 0.1) is 22.8 Å². The van der Waals surface area contributed by atoms with E-state index in [4.69, 9.17) is 6.42 Å². The van der Waals surface area contributed by atoms with Gasteiger partial charge >= 0.3 is 0 Å². The first-order valence-electron chi connectivity index (χ1n) is 7.59. The average molecular weight is 350 g/mol. The number of allylic oxidation sites excluding steroid dienone is 1. The maximum Gasteiger partial charge on any atom is 0.197 e. The predicted molar refractivity (Wildman–Crippen MR) is 99.6 cm³/mol. The van der Waals surface area contributed by atoms with E-state index in [0.29, 0.717) is 16.3 Å². The van der Waals surface area contributed by atoms with Crippen LogP contribution < -0.4 is 5.32 Å². The van der Waals surface area contributed by atoms with Gasteiger partial charge in [-0.1, -0.05) is 24.1 Å². The SMILES string of the molecule is C#CCN/C(=C\C(=O)c1cccs1)c1ccc(-c2cccc(F)c2)[nH]1. The summed E-state index contributed by atoms with van der Waals surface area (Å²) in [5.41, 5.74) is 2.79. The molecule has 0 aliphatic rings. The molecular weight excluding hydrogens is 335 g/mol. The Morgan fingerprint density at radius 1 is 1.28 bits per heavy atom. The van der Waals surface area contributed by atoms with Gasteiger partial charge in [-0.05, 0) is 35.7 Å². The first-order valence-corrected chi connectivity index (χ1v) is 8.47. The molecule has 2 N–H and O–H groups in total. The minimum atomic E-state index is -0.303. The Hall–Kier alpha value is -3.10. The van der Waals surface area contributed by atoms with Crippen molar-refractivity contribution in [3.63, 3.8) is 0 Å². The van der Waals surface area contributed by atoms with Crippen molar-refractivity contribution in [1.29, 1.82) is 0 Å². The van der Waals surface area contributed by atoms with Gasteiger partial charge in [0.15, 0.2) is 5.78 Å².